The Morgan fingerprint density at radius 1 is 1.30 bits per heavy atom. The zero-order valence-corrected chi connectivity index (χ0v) is 13.5. The fraction of sp³-hybridized carbons (Fsp3) is 0.500. The maximum Gasteiger partial charge on any atom is 0.251 e. The summed E-state index contributed by atoms with van der Waals surface area (Å²) in [6.07, 6.45) is 2.67. The third-order valence-electron chi connectivity index (χ3n) is 4.57. The third kappa shape index (κ3) is 3.41. The second kappa shape index (κ2) is 6.72. The summed E-state index contributed by atoms with van der Waals surface area (Å²) in [5.74, 6) is 0.645. The fourth-order valence-corrected chi connectivity index (χ4v) is 3.29. The summed E-state index contributed by atoms with van der Waals surface area (Å²) in [5.41, 5.74) is 1.34. The normalized spacial score (nSPS) is 25.3. The van der Waals surface area contributed by atoms with Gasteiger partial charge in [-0.2, -0.15) is 0 Å². The number of aryl methyl sites for hydroxylation is 1. The van der Waals surface area contributed by atoms with E-state index in [4.69, 9.17) is 9.15 Å². The van der Waals surface area contributed by atoms with Crippen molar-refractivity contribution in [2.75, 3.05) is 7.11 Å². The Morgan fingerprint density at radius 3 is 2.87 bits per heavy atom. The minimum atomic E-state index is -0.675. The smallest absolute Gasteiger partial charge is 0.251 e. The van der Waals surface area contributed by atoms with Gasteiger partial charge >= 0.3 is 0 Å². The van der Waals surface area contributed by atoms with Crippen LogP contribution in [0.4, 0.5) is 0 Å². The Hall–Kier alpha value is -1.85. The Morgan fingerprint density at radius 2 is 2.09 bits per heavy atom. The van der Waals surface area contributed by atoms with Gasteiger partial charge in [0, 0.05) is 18.1 Å². The molecule has 1 aromatic heterocycles. The zero-order valence-electron chi connectivity index (χ0n) is 13.5. The Balaban J connectivity index is 1.76. The molecule has 1 saturated carbocycles. The zero-order chi connectivity index (χ0) is 16.4. The molecule has 0 spiro atoms. The number of rotatable bonds is 3. The topological polar surface area (TPSA) is 71.7 Å². The van der Waals surface area contributed by atoms with Crippen molar-refractivity contribution in [3.05, 3.63) is 35.6 Å². The molecule has 5 heteroatoms. The number of aliphatic hydroxyl groups is 1. The van der Waals surface area contributed by atoms with Crippen LogP contribution in [-0.2, 0) is 4.74 Å². The van der Waals surface area contributed by atoms with E-state index in [9.17, 15) is 9.90 Å². The lowest BCUT2D eigenvalue weighted by Gasteiger charge is -2.27. The van der Waals surface area contributed by atoms with Gasteiger partial charge in [-0.1, -0.05) is 12.8 Å². The molecule has 0 radical (unpaired) electrons. The van der Waals surface area contributed by atoms with Gasteiger partial charge < -0.3 is 19.6 Å². The summed E-state index contributed by atoms with van der Waals surface area (Å²) in [6.45, 7) is 1.88. The second-order valence-corrected chi connectivity index (χ2v) is 6.24. The first-order valence-corrected chi connectivity index (χ1v) is 8.10. The summed E-state index contributed by atoms with van der Waals surface area (Å²) < 4.78 is 10.9. The summed E-state index contributed by atoms with van der Waals surface area (Å²) >= 11 is 0. The summed E-state index contributed by atoms with van der Waals surface area (Å²) in [4.78, 5) is 12.5. The van der Waals surface area contributed by atoms with E-state index in [1.165, 1.54) is 0 Å². The van der Waals surface area contributed by atoms with Gasteiger partial charge in [0.15, 0.2) is 0 Å². The maximum atomic E-state index is 12.5. The molecule has 2 aromatic rings. The average molecular weight is 317 g/mol. The summed E-state index contributed by atoms with van der Waals surface area (Å²) in [5, 5.41) is 14.3. The lowest BCUT2D eigenvalue weighted by molar-refractivity contribution is -0.0277. The molecule has 1 amide bonds. The van der Waals surface area contributed by atoms with E-state index < -0.39 is 6.10 Å². The number of hydrogen-bond donors (Lipinski definition) is 2. The van der Waals surface area contributed by atoms with Crippen LogP contribution in [0.15, 0.2) is 28.7 Å². The van der Waals surface area contributed by atoms with Crippen LogP contribution < -0.4 is 5.32 Å². The van der Waals surface area contributed by atoms with E-state index in [1.807, 2.05) is 19.1 Å². The van der Waals surface area contributed by atoms with Gasteiger partial charge in [0.1, 0.15) is 17.4 Å². The van der Waals surface area contributed by atoms with Gasteiger partial charge in [-0.3, -0.25) is 4.79 Å². The molecule has 5 nitrogen and oxygen atoms in total. The van der Waals surface area contributed by atoms with Crippen LogP contribution in [0.1, 0.15) is 41.8 Å². The van der Waals surface area contributed by atoms with Crippen molar-refractivity contribution in [3.63, 3.8) is 0 Å². The number of hydrogen-bond acceptors (Lipinski definition) is 4. The molecule has 1 aliphatic rings. The minimum absolute atomic E-state index is 0.174. The van der Waals surface area contributed by atoms with Crippen molar-refractivity contribution in [3.8, 4) is 0 Å². The highest BCUT2D eigenvalue weighted by Crippen LogP contribution is 2.23. The van der Waals surface area contributed by atoms with Gasteiger partial charge in [-0.15, -0.1) is 0 Å². The molecule has 3 atom stereocenters. The first-order valence-electron chi connectivity index (χ1n) is 8.10. The van der Waals surface area contributed by atoms with Crippen molar-refractivity contribution in [1.29, 1.82) is 0 Å². The van der Waals surface area contributed by atoms with Gasteiger partial charge in [0.2, 0.25) is 0 Å². The molecule has 1 aliphatic carbocycles. The molecule has 1 heterocycles. The van der Waals surface area contributed by atoms with Crippen LogP contribution in [0, 0.1) is 6.92 Å². The van der Waals surface area contributed by atoms with Crippen LogP contribution in [0.5, 0.6) is 0 Å². The standard InChI is InChI=1S/C18H23NO4/c1-11-9-13-10-12(7-8-15(13)23-11)18(21)19-14-5-3-4-6-16(22-2)17(14)20/h7-10,14,16-17,20H,3-6H2,1-2H3,(H,19,21)/t14-,16-,17-/m1/s1. The fourth-order valence-electron chi connectivity index (χ4n) is 3.29. The summed E-state index contributed by atoms with van der Waals surface area (Å²) in [7, 11) is 1.60. The number of aliphatic hydroxyl groups excluding tert-OH is 1. The molecule has 124 valence electrons. The number of amides is 1. The van der Waals surface area contributed by atoms with Crippen LogP contribution in [-0.4, -0.2) is 36.4 Å². The Kier molecular flexibility index (Phi) is 4.68. The molecule has 2 N–H and O–H groups in total. The first-order chi connectivity index (χ1) is 11.1. The predicted octanol–water partition coefficient (Wildman–Crippen LogP) is 2.79. The number of benzene rings is 1. The highest BCUT2D eigenvalue weighted by molar-refractivity contribution is 5.98. The number of fused-ring (bicyclic) bond motifs is 1. The van der Waals surface area contributed by atoms with Crippen molar-refractivity contribution in [2.45, 2.75) is 50.9 Å². The SMILES string of the molecule is CO[C@@H]1CCCC[C@@H](NC(=O)c2ccc3oc(C)cc3c2)[C@H]1O. The first kappa shape index (κ1) is 16.0. The van der Waals surface area contributed by atoms with E-state index in [0.717, 1.165) is 42.4 Å². The molecule has 0 unspecified atom stereocenters. The predicted molar refractivity (Wildman–Crippen MR) is 87.5 cm³/mol. The van der Waals surface area contributed by atoms with Crippen LogP contribution in [0.3, 0.4) is 0 Å². The molecule has 1 aromatic carbocycles. The third-order valence-corrected chi connectivity index (χ3v) is 4.57. The van der Waals surface area contributed by atoms with E-state index >= 15 is 0 Å². The van der Waals surface area contributed by atoms with Crippen LogP contribution >= 0.6 is 0 Å². The molecule has 0 saturated heterocycles. The number of furan rings is 1. The van der Waals surface area contributed by atoms with Crippen molar-refractivity contribution < 1.29 is 19.1 Å². The maximum absolute atomic E-state index is 12.5. The molecule has 0 bridgehead atoms. The van der Waals surface area contributed by atoms with E-state index in [2.05, 4.69) is 5.32 Å². The monoisotopic (exact) mass is 317 g/mol. The highest BCUT2D eigenvalue weighted by Gasteiger charge is 2.31. The number of carbonyl (C=O) groups is 1. The molecule has 3 rings (SSSR count). The lowest BCUT2D eigenvalue weighted by atomic mass is 10.0. The van der Waals surface area contributed by atoms with Crippen molar-refractivity contribution in [1.82, 2.24) is 5.32 Å². The van der Waals surface area contributed by atoms with Crippen LogP contribution in [0.25, 0.3) is 11.0 Å². The van der Waals surface area contributed by atoms with E-state index in [0.29, 0.717) is 5.56 Å². The molecule has 0 aliphatic heterocycles. The number of ether oxygens (including phenoxy) is 1. The van der Waals surface area contributed by atoms with Gasteiger partial charge in [0.25, 0.3) is 5.91 Å². The lowest BCUT2D eigenvalue weighted by Crippen LogP contribution is -2.48. The molecular weight excluding hydrogens is 294 g/mol. The number of carbonyl (C=O) groups excluding carboxylic acids is 1. The number of methoxy groups -OCH3 is 1. The van der Waals surface area contributed by atoms with Gasteiger partial charge in [-0.25, -0.2) is 0 Å². The Bertz CT molecular complexity index is 693. The van der Waals surface area contributed by atoms with Gasteiger partial charge in [0.05, 0.1) is 12.1 Å². The quantitative estimate of drug-likeness (QED) is 0.854. The van der Waals surface area contributed by atoms with Crippen LogP contribution in [0.2, 0.25) is 0 Å². The summed E-state index contributed by atoms with van der Waals surface area (Å²) in [6, 6.07) is 7.00. The largest absolute Gasteiger partial charge is 0.461 e. The highest BCUT2D eigenvalue weighted by atomic mass is 16.5. The van der Waals surface area contributed by atoms with Crippen molar-refractivity contribution >= 4 is 16.9 Å². The van der Waals surface area contributed by atoms with E-state index in [1.54, 1.807) is 19.2 Å². The molecule has 23 heavy (non-hydrogen) atoms. The van der Waals surface area contributed by atoms with E-state index in [-0.39, 0.29) is 18.1 Å². The minimum Gasteiger partial charge on any atom is -0.461 e. The van der Waals surface area contributed by atoms with Crippen molar-refractivity contribution in [2.24, 2.45) is 0 Å². The number of nitrogens with one attached hydrogen (secondary N) is 1. The Labute approximate surface area is 135 Å². The molecule has 1 fully saturated rings. The second-order valence-electron chi connectivity index (χ2n) is 6.24. The van der Waals surface area contributed by atoms with Gasteiger partial charge in [-0.05, 0) is 44.0 Å². The average Bonchev–Trinajstić information content (AvgIpc) is 2.82. The molecular formula is C18H23NO4.